The number of halogens is 1. The fraction of sp³-hybridized carbons (Fsp3) is 0.500. The van der Waals surface area contributed by atoms with E-state index >= 15 is 0 Å². The van der Waals surface area contributed by atoms with Crippen molar-refractivity contribution in [3.63, 3.8) is 0 Å². The van der Waals surface area contributed by atoms with E-state index in [2.05, 4.69) is 22.0 Å². The molecular formula is C14H18BrN3O2S. The Hall–Kier alpha value is -1.10. The zero-order valence-electron chi connectivity index (χ0n) is 12.3. The minimum absolute atomic E-state index is 0.349. The maximum Gasteiger partial charge on any atom is 0.303 e. The highest BCUT2D eigenvalue weighted by molar-refractivity contribution is 9.10. The molecule has 1 unspecified atom stereocenters. The van der Waals surface area contributed by atoms with Gasteiger partial charge in [0.15, 0.2) is 0 Å². The molecule has 0 radical (unpaired) electrons. The van der Waals surface area contributed by atoms with E-state index in [1.54, 1.807) is 0 Å². The number of nitriles is 1. The van der Waals surface area contributed by atoms with E-state index in [1.165, 1.54) is 22.7 Å². The monoisotopic (exact) mass is 371 g/mol. The Labute approximate surface area is 134 Å². The van der Waals surface area contributed by atoms with Crippen molar-refractivity contribution in [2.45, 2.75) is 25.2 Å². The van der Waals surface area contributed by atoms with Gasteiger partial charge in [0.1, 0.15) is 0 Å². The summed E-state index contributed by atoms with van der Waals surface area (Å²) in [6, 6.07) is 7.77. The highest BCUT2D eigenvalue weighted by Gasteiger charge is 2.43. The third-order valence-electron chi connectivity index (χ3n) is 3.90. The average molecular weight is 372 g/mol. The van der Waals surface area contributed by atoms with Crippen molar-refractivity contribution >= 4 is 31.8 Å². The van der Waals surface area contributed by atoms with Crippen LogP contribution in [0.1, 0.15) is 25.3 Å². The van der Waals surface area contributed by atoms with E-state index in [9.17, 15) is 8.42 Å². The number of benzene rings is 1. The summed E-state index contributed by atoms with van der Waals surface area (Å²) in [6.45, 7) is 2.38. The predicted molar refractivity (Wildman–Crippen MR) is 86.3 cm³/mol. The number of nitrogens with zero attached hydrogens (tertiary/aromatic N) is 3. The molecule has 2 rings (SSSR count). The molecule has 0 spiro atoms. The summed E-state index contributed by atoms with van der Waals surface area (Å²) < 4.78 is 28.6. The average Bonchev–Trinajstić information content (AvgIpc) is 2.71. The van der Waals surface area contributed by atoms with Crippen LogP contribution in [0.4, 0.5) is 5.69 Å². The lowest BCUT2D eigenvalue weighted by molar-refractivity contribution is 0.464. The van der Waals surface area contributed by atoms with E-state index in [1.807, 2.05) is 25.1 Å². The highest BCUT2D eigenvalue weighted by atomic mass is 79.9. The van der Waals surface area contributed by atoms with E-state index in [-0.39, 0.29) is 5.41 Å². The molecule has 5 nitrogen and oxygen atoms in total. The molecule has 0 bridgehead atoms. The maximum absolute atomic E-state index is 12.5. The molecule has 1 aliphatic heterocycles. The van der Waals surface area contributed by atoms with Gasteiger partial charge >= 0.3 is 10.2 Å². The molecule has 1 heterocycles. The SMILES string of the molecule is CN(C)S(=O)(=O)N1CC(C)(CCC#N)c2cc(Br)ccc21. The zero-order chi connectivity index (χ0) is 15.8. The third kappa shape index (κ3) is 2.80. The third-order valence-corrected chi connectivity index (χ3v) is 6.20. The first kappa shape index (κ1) is 16.3. The minimum atomic E-state index is -3.53. The number of fused-ring (bicyclic) bond motifs is 1. The number of rotatable bonds is 4. The molecule has 0 fully saturated rings. The predicted octanol–water partition coefficient (Wildman–Crippen LogP) is 2.64. The van der Waals surface area contributed by atoms with Crippen molar-refractivity contribution in [1.29, 1.82) is 5.26 Å². The standard InChI is InChI=1S/C14H18BrN3O2S/c1-14(7-4-8-16)10-18(21(19,20)17(2)3)13-6-5-11(15)9-12(13)14/h5-6,9H,4,7,10H2,1-3H3. The molecule has 1 atom stereocenters. The quantitative estimate of drug-likeness (QED) is 0.816. The Morgan fingerprint density at radius 2 is 2.14 bits per heavy atom. The Morgan fingerprint density at radius 1 is 1.48 bits per heavy atom. The van der Waals surface area contributed by atoms with Crippen molar-refractivity contribution in [3.05, 3.63) is 28.2 Å². The molecule has 1 aromatic rings. The maximum atomic E-state index is 12.5. The number of anilines is 1. The lowest BCUT2D eigenvalue weighted by Gasteiger charge is -2.27. The van der Waals surface area contributed by atoms with Crippen LogP contribution in [0.3, 0.4) is 0 Å². The second kappa shape index (κ2) is 5.59. The van der Waals surface area contributed by atoms with Gasteiger partial charge in [0.25, 0.3) is 0 Å². The van der Waals surface area contributed by atoms with Gasteiger partial charge in [-0.2, -0.15) is 18.0 Å². The Balaban J connectivity index is 2.55. The molecule has 21 heavy (non-hydrogen) atoms. The normalized spacial score (nSPS) is 21.4. The summed E-state index contributed by atoms with van der Waals surface area (Å²) >= 11 is 3.44. The van der Waals surface area contributed by atoms with E-state index < -0.39 is 10.2 Å². The van der Waals surface area contributed by atoms with Crippen molar-refractivity contribution in [2.24, 2.45) is 0 Å². The van der Waals surface area contributed by atoms with E-state index in [4.69, 9.17) is 5.26 Å². The van der Waals surface area contributed by atoms with Crippen molar-refractivity contribution < 1.29 is 8.42 Å². The molecule has 114 valence electrons. The Morgan fingerprint density at radius 3 is 2.71 bits per heavy atom. The van der Waals surface area contributed by atoms with Crippen LogP contribution in [0.5, 0.6) is 0 Å². The van der Waals surface area contributed by atoms with Gasteiger partial charge in [0, 0.05) is 36.9 Å². The van der Waals surface area contributed by atoms with Gasteiger partial charge < -0.3 is 0 Å². The Kier molecular flexibility index (Phi) is 4.34. The molecule has 0 amide bonds. The largest absolute Gasteiger partial charge is 0.303 e. The second-order valence-electron chi connectivity index (χ2n) is 5.68. The number of hydrogen-bond acceptors (Lipinski definition) is 3. The molecule has 7 heteroatoms. The zero-order valence-corrected chi connectivity index (χ0v) is 14.7. The van der Waals surface area contributed by atoms with Crippen molar-refractivity contribution in [3.8, 4) is 6.07 Å². The van der Waals surface area contributed by atoms with Crippen LogP contribution in [0.15, 0.2) is 22.7 Å². The summed E-state index contributed by atoms with van der Waals surface area (Å²) in [6.07, 6.45) is 1.03. The van der Waals surface area contributed by atoms with Crippen LogP contribution < -0.4 is 4.31 Å². The number of hydrogen-bond donors (Lipinski definition) is 0. The van der Waals surface area contributed by atoms with Gasteiger partial charge in [0.05, 0.1) is 11.8 Å². The van der Waals surface area contributed by atoms with Gasteiger partial charge in [-0.3, -0.25) is 4.31 Å². The van der Waals surface area contributed by atoms with Gasteiger partial charge in [0.2, 0.25) is 0 Å². The van der Waals surface area contributed by atoms with Crippen LogP contribution in [-0.4, -0.2) is 33.4 Å². The summed E-state index contributed by atoms with van der Waals surface area (Å²) in [7, 11) is -0.477. The Bertz CT molecular complexity index is 697. The lowest BCUT2D eigenvalue weighted by Crippen LogP contribution is -2.42. The van der Waals surface area contributed by atoms with Crippen LogP contribution in [0.2, 0.25) is 0 Å². The molecule has 1 aromatic carbocycles. The van der Waals surface area contributed by atoms with Gasteiger partial charge in [-0.15, -0.1) is 0 Å². The van der Waals surface area contributed by atoms with Crippen LogP contribution in [0.25, 0.3) is 0 Å². The first-order chi connectivity index (χ1) is 9.72. The highest BCUT2D eigenvalue weighted by Crippen LogP contribution is 2.45. The van der Waals surface area contributed by atoms with E-state index in [0.717, 1.165) is 10.0 Å². The second-order valence-corrected chi connectivity index (χ2v) is 8.66. The lowest BCUT2D eigenvalue weighted by atomic mass is 9.80. The van der Waals surface area contributed by atoms with Gasteiger partial charge in [-0.25, -0.2) is 0 Å². The van der Waals surface area contributed by atoms with Gasteiger partial charge in [-0.05, 0) is 30.2 Å². The summed E-state index contributed by atoms with van der Waals surface area (Å²) in [5.74, 6) is 0. The first-order valence-corrected chi connectivity index (χ1v) is 8.78. The smallest absolute Gasteiger partial charge is 0.256 e. The molecule has 0 N–H and O–H groups in total. The van der Waals surface area contributed by atoms with Crippen molar-refractivity contribution in [2.75, 3.05) is 24.9 Å². The molecule has 0 saturated heterocycles. The molecule has 0 saturated carbocycles. The van der Waals surface area contributed by atoms with Crippen molar-refractivity contribution in [1.82, 2.24) is 4.31 Å². The molecular weight excluding hydrogens is 354 g/mol. The van der Waals surface area contributed by atoms with Crippen LogP contribution in [-0.2, 0) is 15.6 Å². The van der Waals surface area contributed by atoms with Crippen LogP contribution in [0, 0.1) is 11.3 Å². The summed E-state index contributed by atoms with van der Waals surface area (Å²) in [5.41, 5.74) is 1.32. The van der Waals surface area contributed by atoms with E-state index in [0.29, 0.717) is 25.1 Å². The molecule has 0 aliphatic carbocycles. The summed E-state index contributed by atoms with van der Waals surface area (Å²) in [4.78, 5) is 0. The molecule has 1 aliphatic rings. The fourth-order valence-electron chi connectivity index (χ4n) is 2.64. The topological polar surface area (TPSA) is 64.4 Å². The fourth-order valence-corrected chi connectivity index (χ4v) is 4.26. The molecule has 0 aromatic heterocycles. The van der Waals surface area contributed by atoms with Gasteiger partial charge in [-0.1, -0.05) is 22.9 Å². The minimum Gasteiger partial charge on any atom is -0.256 e. The summed E-state index contributed by atoms with van der Waals surface area (Å²) in [5, 5.41) is 8.86. The van der Waals surface area contributed by atoms with Crippen LogP contribution >= 0.6 is 15.9 Å². The first-order valence-electron chi connectivity index (χ1n) is 6.59.